The van der Waals surface area contributed by atoms with Crippen molar-refractivity contribution < 1.29 is 33.5 Å². The molecule has 0 radical (unpaired) electrons. The molecule has 0 saturated carbocycles. The maximum absolute atomic E-state index is 10.6. The lowest BCUT2D eigenvalue weighted by Crippen LogP contribution is -2.63. The second-order valence-corrected chi connectivity index (χ2v) is 3.63. The molecule has 1 unspecified atom stereocenters. The third-order valence-corrected chi connectivity index (χ3v) is 2.27. The zero-order chi connectivity index (χ0) is 15.5. The molecule has 0 heterocycles. The molecule has 0 spiro atoms. The van der Waals surface area contributed by atoms with Crippen molar-refractivity contribution in [2.24, 2.45) is 0 Å². The molecule has 0 aliphatic rings. The highest BCUT2D eigenvalue weighted by molar-refractivity contribution is 4.71. The average molecular weight is 296 g/mol. The van der Waals surface area contributed by atoms with Crippen LogP contribution in [0.1, 0.15) is 34.6 Å². The third-order valence-electron chi connectivity index (χ3n) is 2.27. The van der Waals surface area contributed by atoms with Crippen molar-refractivity contribution in [3.8, 4) is 0 Å². The van der Waals surface area contributed by atoms with Gasteiger partial charge in [-0.1, -0.05) is 0 Å². The van der Waals surface area contributed by atoms with Gasteiger partial charge in [-0.25, -0.2) is 0 Å². The molecule has 122 valence electrons. The summed E-state index contributed by atoms with van der Waals surface area (Å²) < 4.78 is 32.0. The summed E-state index contributed by atoms with van der Waals surface area (Å²) in [6.07, 6.45) is 0. The van der Waals surface area contributed by atoms with Gasteiger partial charge in [0.25, 0.3) is 0 Å². The van der Waals surface area contributed by atoms with E-state index in [-0.39, 0.29) is 33.2 Å². The molecule has 0 aliphatic heterocycles. The van der Waals surface area contributed by atoms with Crippen molar-refractivity contribution >= 4 is 0 Å². The summed E-state index contributed by atoms with van der Waals surface area (Å²) in [5.74, 6) is -4.09. The van der Waals surface area contributed by atoms with Crippen LogP contribution in [0.4, 0.5) is 0 Å². The van der Waals surface area contributed by atoms with Gasteiger partial charge in [0.15, 0.2) is 6.79 Å². The zero-order valence-corrected chi connectivity index (χ0v) is 13.1. The first-order valence-corrected chi connectivity index (χ1v) is 7.05. The third kappa shape index (κ3) is 5.25. The van der Waals surface area contributed by atoms with E-state index >= 15 is 0 Å². The first-order valence-electron chi connectivity index (χ1n) is 7.05. The monoisotopic (exact) mass is 296 g/mol. The van der Waals surface area contributed by atoms with E-state index in [2.05, 4.69) is 0 Å². The predicted octanol–water partition coefficient (Wildman–Crippen LogP) is 1.44. The molecule has 0 aromatic carbocycles. The van der Waals surface area contributed by atoms with Crippen LogP contribution in [0, 0.1) is 0 Å². The standard InChI is InChI=1S/C13H28O7/c1-6-15-11-20-12(14,16-7-2)13(17-8-3,18-9-4)19-10-5/h14H,6-11H2,1-5H3. The van der Waals surface area contributed by atoms with Crippen molar-refractivity contribution in [2.45, 2.75) is 46.6 Å². The lowest BCUT2D eigenvalue weighted by Gasteiger charge is -2.42. The molecule has 1 N–H and O–H groups in total. The molecule has 0 aliphatic carbocycles. The SMILES string of the molecule is CCOCOC(O)(OCC)C(OCC)(OCC)OCC. The Morgan fingerprint density at radius 2 is 1.10 bits per heavy atom. The molecule has 0 amide bonds. The van der Waals surface area contributed by atoms with Crippen LogP contribution < -0.4 is 0 Å². The van der Waals surface area contributed by atoms with Gasteiger partial charge in [-0.15, -0.1) is 0 Å². The smallest absolute Gasteiger partial charge is 0.355 e. The molecular formula is C13H28O7. The normalized spacial score (nSPS) is 15.3. The lowest BCUT2D eigenvalue weighted by molar-refractivity contribution is -0.557. The van der Waals surface area contributed by atoms with E-state index in [1.54, 1.807) is 27.7 Å². The van der Waals surface area contributed by atoms with Gasteiger partial charge in [0.1, 0.15) is 0 Å². The molecule has 7 heteroatoms. The molecule has 7 nitrogen and oxygen atoms in total. The van der Waals surface area contributed by atoms with Gasteiger partial charge in [-0.05, 0) is 34.6 Å². The molecule has 0 saturated heterocycles. The van der Waals surface area contributed by atoms with Crippen molar-refractivity contribution in [3.05, 3.63) is 0 Å². The van der Waals surface area contributed by atoms with E-state index < -0.39 is 11.9 Å². The van der Waals surface area contributed by atoms with Crippen LogP contribution in [0.2, 0.25) is 0 Å². The number of hydrogen-bond acceptors (Lipinski definition) is 7. The Morgan fingerprint density at radius 1 is 0.650 bits per heavy atom. The van der Waals surface area contributed by atoms with Gasteiger partial charge in [0, 0.05) is 33.0 Å². The highest BCUT2D eigenvalue weighted by atomic mass is 17.0. The van der Waals surface area contributed by atoms with Crippen molar-refractivity contribution in [1.29, 1.82) is 0 Å². The minimum absolute atomic E-state index is 0.178. The quantitative estimate of drug-likeness (QED) is 0.407. The number of aliphatic hydroxyl groups is 1. The van der Waals surface area contributed by atoms with Gasteiger partial charge < -0.3 is 28.8 Å². The summed E-state index contributed by atoms with van der Waals surface area (Å²) in [7, 11) is 0. The Labute approximate surface area is 121 Å². The minimum Gasteiger partial charge on any atom is -0.355 e. The summed E-state index contributed by atoms with van der Waals surface area (Å²) in [4.78, 5) is 0. The van der Waals surface area contributed by atoms with Gasteiger partial charge in [-0.3, -0.25) is 4.74 Å². The topological polar surface area (TPSA) is 75.6 Å². The Hall–Kier alpha value is -0.280. The van der Waals surface area contributed by atoms with Crippen LogP contribution in [0.5, 0.6) is 0 Å². The average Bonchev–Trinajstić information content (AvgIpc) is 2.40. The second-order valence-electron chi connectivity index (χ2n) is 3.63. The fourth-order valence-electron chi connectivity index (χ4n) is 1.59. The van der Waals surface area contributed by atoms with Crippen LogP contribution in [0.15, 0.2) is 0 Å². The van der Waals surface area contributed by atoms with Crippen molar-refractivity contribution in [3.63, 3.8) is 0 Å². The molecule has 1 atom stereocenters. The molecule has 20 heavy (non-hydrogen) atoms. The van der Waals surface area contributed by atoms with E-state index in [1.165, 1.54) is 0 Å². The molecule has 0 bridgehead atoms. The Bertz CT molecular complexity index is 220. The second kappa shape index (κ2) is 10.4. The van der Waals surface area contributed by atoms with Gasteiger partial charge in [-0.2, -0.15) is 0 Å². The van der Waals surface area contributed by atoms with Crippen LogP contribution in [0.25, 0.3) is 0 Å². The van der Waals surface area contributed by atoms with E-state index in [4.69, 9.17) is 28.4 Å². The number of hydrogen-bond donors (Lipinski definition) is 1. The van der Waals surface area contributed by atoms with Crippen LogP contribution in [0.3, 0.4) is 0 Å². The van der Waals surface area contributed by atoms with E-state index in [0.29, 0.717) is 6.61 Å². The Balaban J connectivity index is 5.22. The Morgan fingerprint density at radius 3 is 1.45 bits per heavy atom. The van der Waals surface area contributed by atoms with Gasteiger partial charge in [0.2, 0.25) is 0 Å². The highest BCUT2D eigenvalue weighted by Gasteiger charge is 2.58. The first kappa shape index (κ1) is 19.7. The first-order chi connectivity index (χ1) is 9.55. The van der Waals surface area contributed by atoms with E-state index in [9.17, 15) is 5.11 Å². The van der Waals surface area contributed by atoms with Crippen LogP contribution >= 0.6 is 0 Å². The van der Waals surface area contributed by atoms with E-state index in [0.717, 1.165) is 0 Å². The summed E-state index contributed by atoms with van der Waals surface area (Å²) in [6, 6.07) is 0. The molecule has 0 aromatic heterocycles. The lowest BCUT2D eigenvalue weighted by atomic mass is 10.4. The largest absolute Gasteiger partial charge is 0.370 e. The summed E-state index contributed by atoms with van der Waals surface area (Å²) in [6.45, 7) is 9.94. The fraction of sp³-hybridized carbons (Fsp3) is 1.00. The van der Waals surface area contributed by atoms with Crippen LogP contribution in [-0.2, 0) is 28.4 Å². The maximum atomic E-state index is 10.6. The fourth-order valence-corrected chi connectivity index (χ4v) is 1.59. The van der Waals surface area contributed by atoms with Crippen LogP contribution in [-0.4, -0.2) is 56.9 Å². The Kier molecular flexibility index (Phi) is 10.3. The molecule has 0 rings (SSSR count). The maximum Gasteiger partial charge on any atom is 0.370 e. The summed E-state index contributed by atoms with van der Waals surface area (Å²) in [5.41, 5.74) is 0. The summed E-state index contributed by atoms with van der Waals surface area (Å²) in [5, 5.41) is 10.6. The predicted molar refractivity (Wildman–Crippen MR) is 71.8 cm³/mol. The molecular weight excluding hydrogens is 268 g/mol. The van der Waals surface area contributed by atoms with E-state index in [1.807, 2.05) is 6.92 Å². The van der Waals surface area contributed by atoms with Crippen molar-refractivity contribution in [1.82, 2.24) is 0 Å². The zero-order valence-electron chi connectivity index (χ0n) is 13.1. The minimum atomic E-state index is -2.22. The van der Waals surface area contributed by atoms with Gasteiger partial charge in [0.05, 0.1) is 0 Å². The molecule has 0 fully saturated rings. The van der Waals surface area contributed by atoms with Gasteiger partial charge >= 0.3 is 11.9 Å². The molecule has 0 aromatic rings. The highest BCUT2D eigenvalue weighted by Crippen LogP contribution is 2.32. The summed E-state index contributed by atoms with van der Waals surface area (Å²) >= 11 is 0. The number of rotatable bonds is 13. The van der Waals surface area contributed by atoms with Crippen molar-refractivity contribution in [2.75, 3.05) is 39.8 Å². The number of ether oxygens (including phenoxy) is 6.